The number of aromatic nitrogens is 2. The summed E-state index contributed by atoms with van der Waals surface area (Å²) in [7, 11) is 0. The van der Waals surface area contributed by atoms with Crippen LogP contribution in [0.15, 0.2) is 36.4 Å². The molecule has 0 amide bonds. The van der Waals surface area contributed by atoms with E-state index in [0.29, 0.717) is 5.52 Å². The molecule has 3 rings (SSSR count). The van der Waals surface area contributed by atoms with Crippen molar-refractivity contribution in [3.8, 4) is 11.4 Å². The van der Waals surface area contributed by atoms with Gasteiger partial charge in [0.05, 0.1) is 11.1 Å². The summed E-state index contributed by atoms with van der Waals surface area (Å²) in [5.74, 6) is -1.84. The summed E-state index contributed by atoms with van der Waals surface area (Å²) in [6.45, 7) is 1.89. The average molecular weight is 291 g/mol. The fourth-order valence-electron chi connectivity index (χ4n) is 2.10. The van der Waals surface area contributed by atoms with Crippen molar-refractivity contribution in [1.29, 1.82) is 0 Å². The Kier molecular flexibility index (Phi) is 3.10. The molecule has 0 bridgehead atoms. The zero-order valence-electron chi connectivity index (χ0n) is 10.5. The summed E-state index contributed by atoms with van der Waals surface area (Å²) >= 11 is 6.14. The predicted octanol–water partition coefficient (Wildman–Crippen LogP) is 4.54. The molecular formula is C15H9ClF2N2. The molecule has 0 unspecified atom stereocenters. The number of nitrogens with zero attached hydrogens (tertiary/aromatic N) is 2. The third-order valence-corrected chi connectivity index (χ3v) is 3.35. The highest BCUT2D eigenvalue weighted by Crippen LogP contribution is 2.28. The van der Waals surface area contributed by atoms with Crippen LogP contribution in [0.1, 0.15) is 5.56 Å². The molecule has 0 aliphatic heterocycles. The van der Waals surface area contributed by atoms with Gasteiger partial charge in [0, 0.05) is 5.39 Å². The van der Waals surface area contributed by atoms with Gasteiger partial charge in [-0.1, -0.05) is 29.8 Å². The van der Waals surface area contributed by atoms with Crippen LogP contribution < -0.4 is 0 Å². The van der Waals surface area contributed by atoms with Crippen molar-refractivity contribution in [2.75, 3.05) is 0 Å². The van der Waals surface area contributed by atoms with Crippen LogP contribution in [0.3, 0.4) is 0 Å². The first-order chi connectivity index (χ1) is 9.58. The second kappa shape index (κ2) is 4.80. The summed E-state index contributed by atoms with van der Waals surface area (Å²) in [5, 5.41) is 0.946. The van der Waals surface area contributed by atoms with Gasteiger partial charge in [0.15, 0.2) is 17.5 Å². The largest absolute Gasteiger partial charge is 0.228 e. The van der Waals surface area contributed by atoms with Crippen molar-refractivity contribution in [2.45, 2.75) is 6.92 Å². The van der Waals surface area contributed by atoms with Gasteiger partial charge in [-0.3, -0.25) is 0 Å². The monoisotopic (exact) mass is 290 g/mol. The van der Waals surface area contributed by atoms with Gasteiger partial charge in [-0.05, 0) is 30.7 Å². The molecule has 0 aliphatic carbocycles. The molecule has 20 heavy (non-hydrogen) atoms. The first kappa shape index (κ1) is 12.9. The topological polar surface area (TPSA) is 25.8 Å². The van der Waals surface area contributed by atoms with Crippen molar-refractivity contribution in [3.05, 3.63) is 58.7 Å². The molecule has 5 heteroatoms. The molecular weight excluding hydrogens is 282 g/mol. The molecule has 0 spiro atoms. The molecule has 1 heterocycles. The Hall–Kier alpha value is -2.07. The average Bonchev–Trinajstić information content (AvgIpc) is 2.41. The Balaban J connectivity index is 2.31. The fraction of sp³-hybridized carbons (Fsp3) is 0.0667. The normalized spacial score (nSPS) is 11.0. The molecule has 3 aromatic rings. The molecule has 0 N–H and O–H groups in total. The first-order valence-corrected chi connectivity index (χ1v) is 6.33. The number of fused-ring (bicyclic) bond motifs is 1. The lowest BCUT2D eigenvalue weighted by atomic mass is 10.1. The van der Waals surface area contributed by atoms with Crippen LogP contribution in [0, 0.1) is 18.6 Å². The van der Waals surface area contributed by atoms with E-state index in [1.54, 1.807) is 6.07 Å². The van der Waals surface area contributed by atoms with Crippen molar-refractivity contribution in [2.24, 2.45) is 0 Å². The summed E-state index contributed by atoms with van der Waals surface area (Å²) < 4.78 is 27.1. The SMILES string of the molecule is Cc1cccc2nc(-c3cccc(F)c3F)nc(Cl)c12. The third kappa shape index (κ3) is 2.02. The minimum absolute atomic E-state index is 0.00435. The van der Waals surface area contributed by atoms with E-state index in [0.717, 1.165) is 17.0 Å². The van der Waals surface area contributed by atoms with Gasteiger partial charge >= 0.3 is 0 Å². The van der Waals surface area contributed by atoms with E-state index in [1.807, 2.05) is 19.1 Å². The smallest absolute Gasteiger partial charge is 0.169 e. The third-order valence-electron chi connectivity index (χ3n) is 3.08. The first-order valence-electron chi connectivity index (χ1n) is 5.95. The van der Waals surface area contributed by atoms with Crippen LogP contribution in [-0.2, 0) is 0 Å². The van der Waals surface area contributed by atoms with Gasteiger partial charge in [-0.15, -0.1) is 0 Å². The predicted molar refractivity (Wildman–Crippen MR) is 74.6 cm³/mol. The van der Waals surface area contributed by atoms with E-state index in [9.17, 15) is 8.78 Å². The minimum Gasteiger partial charge on any atom is -0.228 e. The van der Waals surface area contributed by atoms with E-state index < -0.39 is 11.6 Å². The molecule has 0 saturated heterocycles. The van der Waals surface area contributed by atoms with Crippen LogP contribution in [0.4, 0.5) is 8.78 Å². The number of hydrogen-bond donors (Lipinski definition) is 0. The summed E-state index contributed by atoms with van der Waals surface area (Å²) in [6, 6.07) is 9.35. The minimum atomic E-state index is -0.976. The Labute approximate surface area is 119 Å². The highest BCUT2D eigenvalue weighted by atomic mass is 35.5. The van der Waals surface area contributed by atoms with E-state index in [-0.39, 0.29) is 16.5 Å². The second-order valence-electron chi connectivity index (χ2n) is 4.41. The van der Waals surface area contributed by atoms with Crippen molar-refractivity contribution in [3.63, 3.8) is 0 Å². The molecule has 0 fully saturated rings. The summed E-state index contributed by atoms with van der Waals surface area (Å²) in [4.78, 5) is 8.35. The zero-order valence-corrected chi connectivity index (χ0v) is 11.2. The molecule has 1 aromatic heterocycles. The summed E-state index contributed by atoms with van der Waals surface area (Å²) in [5.41, 5.74) is 1.53. The van der Waals surface area contributed by atoms with Crippen LogP contribution in [0.25, 0.3) is 22.3 Å². The molecule has 0 radical (unpaired) electrons. The molecule has 2 nitrogen and oxygen atoms in total. The van der Waals surface area contributed by atoms with E-state index >= 15 is 0 Å². The van der Waals surface area contributed by atoms with Gasteiger partial charge in [-0.2, -0.15) is 0 Å². The van der Waals surface area contributed by atoms with E-state index in [2.05, 4.69) is 9.97 Å². The Bertz CT molecular complexity index is 818. The van der Waals surface area contributed by atoms with Crippen molar-refractivity contribution in [1.82, 2.24) is 9.97 Å². The second-order valence-corrected chi connectivity index (χ2v) is 4.77. The Morgan fingerprint density at radius 2 is 1.75 bits per heavy atom. The quantitative estimate of drug-likeness (QED) is 0.615. The lowest BCUT2D eigenvalue weighted by Crippen LogP contribution is -1.97. The standard InChI is InChI=1S/C15H9ClF2N2/c1-8-4-2-7-11-12(8)14(16)20-15(19-11)9-5-3-6-10(17)13(9)18/h2-7H,1H3. The number of benzene rings is 2. The van der Waals surface area contributed by atoms with Gasteiger partial charge in [0.1, 0.15) is 5.15 Å². The van der Waals surface area contributed by atoms with E-state index in [1.165, 1.54) is 12.1 Å². The maximum absolute atomic E-state index is 13.8. The highest BCUT2D eigenvalue weighted by Gasteiger charge is 2.15. The molecule has 0 aliphatic rings. The highest BCUT2D eigenvalue weighted by molar-refractivity contribution is 6.34. The zero-order chi connectivity index (χ0) is 14.3. The molecule has 100 valence electrons. The maximum Gasteiger partial charge on any atom is 0.169 e. The Morgan fingerprint density at radius 3 is 2.55 bits per heavy atom. The maximum atomic E-state index is 13.8. The van der Waals surface area contributed by atoms with E-state index in [4.69, 9.17) is 11.6 Å². The number of aryl methyl sites for hydroxylation is 1. The van der Waals surface area contributed by atoms with Crippen LogP contribution in [0.5, 0.6) is 0 Å². The molecule has 0 atom stereocenters. The van der Waals surface area contributed by atoms with Crippen molar-refractivity contribution >= 4 is 22.5 Å². The van der Waals surface area contributed by atoms with Crippen LogP contribution >= 0.6 is 11.6 Å². The van der Waals surface area contributed by atoms with Crippen molar-refractivity contribution < 1.29 is 8.78 Å². The number of rotatable bonds is 1. The number of halogens is 3. The van der Waals surface area contributed by atoms with Crippen LogP contribution in [0.2, 0.25) is 5.15 Å². The van der Waals surface area contributed by atoms with Gasteiger partial charge in [0.2, 0.25) is 0 Å². The van der Waals surface area contributed by atoms with Gasteiger partial charge in [0.25, 0.3) is 0 Å². The number of hydrogen-bond acceptors (Lipinski definition) is 2. The van der Waals surface area contributed by atoms with Gasteiger partial charge in [-0.25, -0.2) is 18.7 Å². The summed E-state index contributed by atoms with van der Waals surface area (Å²) in [6.07, 6.45) is 0. The fourth-order valence-corrected chi connectivity index (χ4v) is 2.42. The molecule has 2 aromatic carbocycles. The van der Waals surface area contributed by atoms with Crippen LogP contribution in [-0.4, -0.2) is 9.97 Å². The lowest BCUT2D eigenvalue weighted by Gasteiger charge is -2.07. The Morgan fingerprint density at radius 1 is 1.00 bits per heavy atom. The van der Waals surface area contributed by atoms with Gasteiger partial charge < -0.3 is 0 Å². The lowest BCUT2D eigenvalue weighted by molar-refractivity contribution is 0.510. The molecule has 0 saturated carbocycles.